The van der Waals surface area contributed by atoms with Crippen LogP contribution < -0.4 is 5.32 Å². The van der Waals surface area contributed by atoms with Crippen molar-refractivity contribution in [3.63, 3.8) is 0 Å². The lowest BCUT2D eigenvalue weighted by molar-refractivity contribution is 0.0948. The molecule has 0 radical (unpaired) electrons. The Labute approximate surface area is 152 Å². The van der Waals surface area contributed by atoms with Gasteiger partial charge in [-0.25, -0.2) is 8.42 Å². The highest BCUT2D eigenvalue weighted by molar-refractivity contribution is 7.90. The molecule has 0 unspecified atom stereocenters. The van der Waals surface area contributed by atoms with Gasteiger partial charge in [0.25, 0.3) is 5.91 Å². The number of nitrogens with one attached hydrogen (secondary N) is 1. The molecule has 0 fully saturated rings. The second-order valence-corrected chi connectivity index (χ2v) is 8.02. The molecular formula is C20H19NO4S. The van der Waals surface area contributed by atoms with E-state index in [1.54, 1.807) is 66.9 Å². The minimum Gasteiger partial charge on any atom is -0.467 e. The molecule has 26 heavy (non-hydrogen) atoms. The first-order valence-corrected chi connectivity index (χ1v) is 9.78. The fourth-order valence-corrected chi connectivity index (χ4v) is 3.83. The third kappa shape index (κ3) is 4.40. The maximum absolute atomic E-state index is 12.5. The number of sulfone groups is 1. The molecular weight excluding hydrogens is 350 g/mol. The first-order chi connectivity index (χ1) is 12.4. The lowest BCUT2D eigenvalue weighted by Crippen LogP contribution is -2.22. The van der Waals surface area contributed by atoms with Gasteiger partial charge in [0.1, 0.15) is 5.76 Å². The molecule has 6 heteroatoms. The zero-order valence-electron chi connectivity index (χ0n) is 14.3. The summed E-state index contributed by atoms with van der Waals surface area (Å²) in [7, 11) is -3.42. The predicted octanol–water partition coefficient (Wildman–Crippen LogP) is 3.49. The quantitative estimate of drug-likeness (QED) is 0.722. The Morgan fingerprint density at radius 3 is 2.31 bits per heavy atom. The predicted molar refractivity (Wildman–Crippen MR) is 98.4 cm³/mol. The van der Waals surface area contributed by atoms with Crippen LogP contribution >= 0.6 is 0 Å². The molecule has 0 saturated carbocycles. The van der Waals surface area contributed by atoms with Crippen molar-refractivity contribution in [2.45, 2.75) is 24.1 Å². The van der Waals surface area contributed by atoms with Crippen LogP contribution in [0.15, 0.2) is 76.2 Å². The molecule has 1 aromatic heterocycles. The molecule has 1 amide bonds. The minimum absolute atomic E-state index is 0.107. The molecule has 134 valence electrons. The van der Waals surface area contributed by atoms with Crippen molar-refractivity contribution < 1.29 is 17.6 Å². The van der Waals surface area contributed by atoms with E-state index in [2.05, 4.69) is 5.32 Å². The Morgan fingerprint density at radius 1 is 1.00 bits per heavy atom. The molecule has 5 nitrogen and oxygen atoms in total. The summed E-state index contributed by atoms with van der Waals surface area (Å²) in [5.41, 5.74) is 2.11. The first kappa shape index (κ1) is 17.9. The fourth-order valence-electron chi connectivity index (χ4n) is 2.48. The van der Waals surface area contributed by atoms with Crippen LogP contribution in [0.25, 0.3) is 0 Å². The zero-order valence-corrected chi connectivity index (χ0v) is 15.1. The third-order valence-corrected chi connectivity index (χ3v) is 5.66. The largest absolute Gasteiger partial charge is 0.467 e. The number of carbonyl (C=O) groups is 1. The van der Waals surface area contributed by atoms with E-state index >= 15 is 0 Å². The maximum atomic E-state index is 12.5. The highest BCUT2D eigenvalue weighted by Gasteiger charge is 2.15. The van der Waals surface area contributed by atoms with E-state index < -0.39 is 9.84 Å². The van der Waals surface area contributed by atoms with E-state index in [4.69, 9.17) is 4.42 Å². The SMILES string of the molecule is Cc1ccc(S(=O)(=O)Cc2ccc(C(=O)NCc3ccco3)cc2)cc1. The van der Waals surface area contributed by atoms with E-state index in [9.17, 15) is 13.2 Å². The highest BCUT2D eigenvalue weighted by atomic mass is 32.2. The summed E-state index contributed by atoms with van der Waals surface area (Å²) < 4.78 is 30.1. The minimum atomic E-state index is -3.42. The lowest BCUT2D eigenvalue weighted by atomic mass is 10.1. The van der Waals surface area contributed by atoms with Crippen LogP contribution in [-0.2, 0) is 22.1 Å². The Balaban J connectivity index is 1.65. The van der Waals surface area contributed by atoms with E-state index in [0.29, 0.717) is 28.3 Å². The Bertz CT molecular complexity index is 973. The van der Waals surface area contributed by atoms with Gasteiger partial charge in [-0.2, -0.15) is 0 Å². The van der Waals surface area contributed by atoms with Gasteiger partial charge in [0.2, 0.25) is 0 Å². The lowest BCUT2D eigenvalue weighted by Gasteiger charge is -2.07. The van der Waals surface area contributed by atoms with Crippen LogP contribution in [0.4, 0.5) is 0 Å². The second kappa shape index (κ2) is 7.58. The standard InChI is InChI=1S/C20H19NO4S/c1-15-4-10-19(11-5-15)26(23,24)14-16-6-8-17(9-7-16)20(22)21-13-18-3-2-12-25-18/h2-12H,13-14H2,1H3,(H,21,22). The van der Waals surface area contributed by atoms with Gasteiger partial charge in [0.05, 0.1) is 23.5 Å². The van der Waals surface area contributed by atoms with Gasteiger partial charge in [-0.05, 0) is 48.9 Å². The van der Waals surface area contributed by atoms with Crippen LogP contribution in [0.1, 0.15) is 27.2 Å². The van der Waals surface area contributed by atoms with Crippen molar-refractivity contribution in [3.05, 3.63) is 89.4 Å². The maximum Gasteiger partial charge on any atom is 0.251 e. The van der Waals surface area contributed by atoms with Gasteiger partial charge in [-0.3, -0.25) is 4.79 Å². The molecule has 0 bridgehead atoms. The van der Waals surface area contributed by atoms with Gasteiger partial charge >= 0.3 is 0 Å². The number of carbonyl (C=O) groups excluding carboxylic acids is 1. The Kier molecular flexibility index (Phi) is 5.23. The van der Waals surface area contributed by atoms with E-state index in [1.807, 2.05) is 6.92 Å². The summed E-state index contributed by atoms with van der Waals surface area (Å²) >= 11 is 0. The molecule has 3 rings (SSSR count). The van der Waals surface area contributed by atoms with Crippen LogP contribution in [-0.4, -0.2) is 14.3 Å². The average molecular weight is 369 g/mol. The molecule has 0 spiro atoms. The molecule has 1 heterocycles. The summed E-state index contributed by atoms with van der Waals surface area (Å²) in [6, 6.07) is 16.9. The van der Waals surface area contributed by atoms with Gasteiger partial charge in [0, 0.05) is 5.56 Å². The van der Waals surface area contributed by atoms with E-state index in [1.165, 1.54) is 0 Å². The van der Waals surface area contributed by atoms with Crippen LogP contribution in [0.2, 0.25) is 0 Å². The topological polar surface area (TPSA) is 76.4 Å². The zero-order chi connectivity index (χ0) is 18.6. The van der Waals surface area contributed by atoms with Gasteiger partial charge in [0.15, 0.2) is 9.84 Å². The average Bonchev–Trinajstić information content (AvgIpc) is 3.14. The van der Waals surface area contributed by atoms with Crippen molar-refractivity contribution in [3.8, 4) is 0 Å². The van der Waals surface area contributed by atoms with Crippen molar-refractivity contribution in [1.82, 2.24) is 5.32 Å². The number of benzene rings is 2. The van der Waals surface area contributed by atoms with Gasteiger partial charge in [-0.15, -0.1) is 0 Å². The Morgan fingerprint density at radius 2 is 1.69 bits per heavy atom. The van der Waals surface area contributed by atoms with Crippen LogP contribution in [0.3, 0.4) is 0 Å². The number of furan rings is 1. The summed E-state index contributed by atoms with van der Waals surface area (Å²) in [4.78, 5) is 12.4. The van der Waals surface area contributed by atoms with Crippen molar-refractivity contribution in [2.24, 2.45) is 0 Å². The van der Waals surface area contributed by atoms with Gasteiger partial charge < -0.3 is 9.73 Å². The number of amides is 1. The normalized spacial score (nSPS) is 11.3. The third-order valence-electron chi connectivity index (χ3n) is 3.96. The molecule has 0 saturated heterocycles. The van der Waals surface area contributed by atoms with Crippen molar-refractivity contribution in [1.29, 1.82) is 0 Å². The van der Waals surface area contributed by atoms with Crippen LogP contribution in [0, 0.1) is 6.92 Å². The van der Waals surface area contributed by atoms with E-state index in [0.717, 1.165) is 5.56 Å². The van der Waals surface area contributed by atoms with Crippen LogP contribution in [0.5, 0.6) is 0 Å². The van der Waals surface area contributed by atoms with Crippen molar-refractivity contribution in [2.75, 3.05) is 0 Å². The summed E-state index contributed by atoms with van der Waals surface area (Å²) in [6.45, 7) is 2.21. The first-order valence-electron chi connectivity index (χ1n) is 8.13. The molecule has 0 aliphatic carbocycles. The second-order valence-electron chi connectivity index (χ2n) is 6.03. The number of hydrogen-bond acceptors (Lipinski definition) is 4. The molecule has 1 N–H and O–H groups in total. The van der Waals surface area contributed by atoms with Crippen molar-refractivity contribution >= 4 is 15.7 Å². The fraction of sp³-hybridized carbons (Fsp3) is 0.150. The summed E-state index contributed by atoms with van der Waals surface area (Å²) in [6.07, 6.45) is 1.55. The Hall–Kier alpha value is -2.86. The molecule has 0 aliphatic rings. The number of rotatable bonds is 6. The van der Waals surface area contributed by atoms with Gasteiger partial charge in [-0.1, -0.05) is 29.8 Å². The molecule has 3 aromatic rings. The van der Waals surface area contributed by atoms with E-state index in [-0.39, 0.29) is 11.7 Å². The smallest absolute Gasteiger partial charge is 0.251 e. The monoisotopic (exact) mass is 369 g/mol. The summed E-state index contributed by atoms with van der Waals surface area (Å²) in [5, 5.41) is 2.75. The molecule has 0 aliphatic heterocycles. The highest BCUT2D eigenvalue weighted by Crippen LogP contribution is 2.17. The number of aryl methyl sites for hydroxylation is 1. The molecule has 0 atom stereocenters. The summed E-state index contributed by atoms with van der Waals surface area (Å²) in [5.74, 6) is 0.318. The molecule has 2 aromatic carbocycles. The number of hydrogen-bond donors (Lipinski definition) is 1.